The summed E-state index contributed by atoms with van der Waals surface area (Å²) in [5.74, 6) is 0.144. The number of benzene rings is 3. The van der Waals surface area contributed by atoms with Crippen molar-refractivity contribution in [3.05, 3.63) is 113 Å². The van der Waals surface area contributed by atoms with Crippen LogP contribution < -0.4 is 0 Å². The molecule has 8 heteroatoms. The molecule has 0 amide bonds. The molecule has 0 bridgehead atoms. The first-order valence-electron chi connectivity index (χ1n) is 10.4. The van der Waals surface area contributed by atoms with Crippen molar-refractivity contribution in [2.45, 2.75) is 16.9 Å². The lowest BCUT2D eigenvalue weighted by atomic mass is 9.86. The first-order chi connectivity index (χ1) is 16.6. The molecule has 4 aromatic rings. The van der Waals surface area contributed by atoms with E-state index in [2.05, 4.69) is 22.3 Å². The summed E-state index contributed by atoms with van der Waals surface area (Å²) in [4.78, 5) is 0. The van der Waals surface area contributed by atoms with Crippen LogP contribution in [0.1, 0.15) is 22.3 Å². The average Bonchev–Trinajstić information content (AvgIpc) is 3.57. The maximum absolute atomic E-state index is 13.6. The summed E-state index contributed by atoms with van der Waals surface area (Å²) in [6, 6.07) is 22.1. The van der Waals surface area contributed by atoms with Crippen LogP contribution in [0.15, 0.2) is 94.8 Å². The van der Waals surface area contributed by atoms with Crippen molar-refractivity contribution in [3.8, 4) is 17.2 Å². The van der Waals surface area contributed by atoms with Gasteiger partial charge in [-0.05, 0) is 53.1 Å². The molecule has 1 aliphatic heterocycles. The summed E-state index contributed by atoms with van der Waals surface area (Å²) in [5.41, 5.74) is 4.61. The largest absolute Gasteiger partial charge is 0.462 e. The Morgan fingerprint density at radius 3 is 2.59 bits per heavy atom. The molecule has 3 aromatic carbocycles. The first-order valence-corrected chi connectivity index (χ1v) is 11.2. The molecule has 0 aliphatic carbocycles. The standard InChI is InChI=1S/C26H18FN3O3S/c1-17-3-2-4-21(11-17)26(24-14-31-16-33-24,34-25-30-29-15-32-25)20-7-5-18(6-8-20)23-10-9-22(27)12-19(23)13-28/h2-12,14-15H,16H2,1H3. The van der Waals surface area contributed by atoms with Crippen LogP contribution in [0.3, 0.4) is 0 Å². The molecule has 0 saturated carbocycles. The average molecular weight is 472 g/mol. The predicted molar refractivity (Wildman–Crippen MR) is 124 cm³/mol. The zero-order valence-corrected chi connectivity index (χ0v) is 18.9. The van der Waals surface area contributed by atoms with Gasteiger partial charge in [0.2, 0.25) is 13.2 Å². The van der Waals surface area contributed by atoms with Gasteiger partial charge in [-0.3, -0.25) is 0 Å². The van der Waals surface area contributed by atoms with E-state index in [0.717, 1.165) is 22.3 Å². The van der Waals surface area contributed by atoms with E-state index in [9.17, 15) is 9.65 Å². The Hall–Kier alpha value is -4.09. The van der Waals surface area contributed by atoms with Crippen LogP contribution in [0, 0.1) is 24.1 Å². The minimum Gasteiger partial charge on any atom is -0.462 e. The molecule has 1 unspecified atom stereocenters. The molecule has 0 spiro atoms. The third-order valence-electron chi connectivity index (χ3n) is 5.53. The van der Waals surface area contributed by atoms with Gasteiger partial charge in [-0.25, -0.2) is 4.39 Å². The molecule has 0 radical (unpaired) electrons. The van der Waals surface area contributed by atoms with Gasteiger partial charge in [0.15, 0.2) is 5.76 Å². The van der Waals surface area contributed by atoms with Crippen LogP contribution in [0.25, 0.3) is 11.1 Å². The van der Waals surface area contributed by atoms with Crippen molar-refractivity contribution >= 4 is 11.8 Å². The molecule has 5 rings (SSSR count). The molecule has 34 heavy (non-hydrogen) atoms. The van der Waals surface area contributed by atoms with Crippen LogP contribution in [0.5, 0.6) is 0 Å². The highest BCUT2D eigenvalue weighted by Crippen LogP contribution is 2.53. The molecule has 0 saturated heterocycles. The van der Waals surface area contributed by atoms with Gasteiger partial charge in [-0.2, -0.15) is 5.26 Å². The normalized spacial score (nSPS) is 14.4. The number of thioether (sulfide) groups is 1. The van der Waals surface area contributed by atoms with E-state index in [1.807, 2.05) is 49.4 Å². The summed E-state index contributed by atoms with van der Waals surface area (Å²) < 4.78 is 29.6. The number of aromatic nitrogens is 2. The maximum atomic E-state index is 13.6. The molecule has 0 N–H and O–H groups in total. The molecular formula is C26H18FN3O3S. The van der Waals surface area contributed by atoms with Gasteiger partial charge < -0.3 is 13.9 Å². The SMILES string of the molecule is Cc1cccc(C(Sc2nnco2)(C2=COCO2)c2ccc(-c3ccc(F)cc3C#N)cc2)c1. The van der Waals surface area contributed by atoms with Crippen molar-refractivity contribution in [1.82, 2.24) is 10.2 Å². The Balaban J connectivity index is 1.68. The van der Waals surface area contributed by atoms with Gasteiger partial charge in [0, 0.05) is 0 Å². The lowest BCUT2D eigenvalue weighted by molar-refractivity contribution is 0.0751. The zero-order valence-electron chi connectivity index (χ0n) is 18.1. The topological polar surface area (TPSA) is 81.2 Å². The smallest absolute Gasteiger partial charge is 0.278 e. The third kappa shape index (κ3) is 3.91. The molecule has 168 valence electrons. The molecule has 2 heterocycles. The number of nitrogens with zero attached hydrogens (tertiary/aromatic N) is 3. The number of aryl methyl sites for hydroxylation is 1. The summed E-state index contributed by atoms with van der Waals surface area (Å²) in [5, 5.41) is 17.8. The van der Waals surface area contributed by atoms with Crippen molar-refractivity contribution in [2.75, 3.05) is 6.79 Å². The highest BCUT2D eigenvalue weighted by Gasteiger charge is 2.45. The first kappa shape index (κ1) is 21.7. The second kappa shape index (κ2) is 9.04. The summed E-state index contributed by atoms with van der Waals surface area (Å²) in [7, 11) is 0. The number of hydrogen-bond acceptors (Lipinski definition) is 7. The van der Waals surface area contributed by atoms with Gasteiger partial charge >= 0.3 is 0 Å². The molecule has 6 nitrogen and oxygen atoms in total. The highest BCUT2D eigenvalue weighted by molar-refractivity contribution is 8.00. The van der Waals surface area contributed by atoms with Gasteiger partial charge in [0.1, 0.15) is 16.8 Å². The number of rotatable bonds is 6. The van der Waals surface area contributed by atoms with E-state index in [4.69, 9.17) is 13.9 Å². The maximum Gasteiger partial charge on any atom is 0.278 e. The molecule has 1 aliphatic rings. The summed E-state index contributed by atoms with van der Waals surface area (Å²) >= 11 is 1.35. The molecular weight excluding hydrogens is 453 g/mol. The number of halogens is 1. The Bertz CT molecular complexity index is 1400. The fourth-order valence-corrected chi connectivity index (χ4v) is 5.14. The van der Waals surface area contributed by atoms with E-state index in [1.165, 1.54) is 30.3 Å². The van der Waals surface area contributed by atoms with E-state index in [-0.39, 0.29) is 12.4 Å². The van der Waals surface area contributed by atoms with Crippen molar-refractivity contribution in [3.63, 3.8) is 0 Å². The molecule has 1 atom stereocenters. The summed E-state index contributed by atoms with van der Waals surface area (Å²) in [6.07, 6.45) is 2.89. The Kier molecular flexibility index (Phi) is 5.78. The quantitative estimate of drug-likeness (QED) is 0.322. The Morgan fingerprint density at radius 2 is 1.91 bits per heavy atom. The van der Waals surface area contributed by atoms with Gasteiger partial charge in [-0.1, -0.05) is 60.2 Å². The number of ether oxygens (including phenoxy) is 2. The van der Waals surface area contributed by atoms with E-state index >= 15 is 0 Å². The third-order valence-corrected chi connectivity index (χ3v) is 6.86. The zero-order chi connectivity index (χ0) is 23.5. The molecule has 0 fully saturated rings. The van der Waals surface area contributed by atoms with E-state index in [0.29, 0.717) is 16.5 Å². The van der Waals surface area contributed by atoms with Crippen LogP contribution in [0.4, 0.5) is 4.39 Å². The number of hydrogen-bond donors (Lipinski definition) is 0. The fraction of sp³-hybridized carbons (Fsp3) is 0.115. The van der Waals surface area contributed by atoms with Gasteiger partial charge in [-0.15, -0.1) is 10.2 Å². The minimum absolute atomic E-state index is 0.104. The number of nitriles is 1. The van der Waals surface area contributed by atoms with Crippen LogP contribution in [-0.4, -0.2) is 17.0 Å². The summed E-state index contributed by atoms with van der Waals surface area (Å²) in [6.45, 7) is 2.12. The van der Waals surface area contributed by atoms with Gasteiger partial charge in [0.05, 0.1) is 11.6 Å². The second-order valence-corrected chi connectivity index (χ2v) is 8.81. The lowest BCUT2D eigenvalue weighted by Gasteiger charge is -2.33. The molecule has 1 aromatic heterocycles. The minimum atomic E-state index is -0.881. The van der Waals surface area contributed by atoms with E-state index in [1.54, 1.807) is 12.3 Å². The van der Waals surface area contributed by atoms with Crippen molar-refractivity contribution in [2.24, 2.45) is 0 Å². The van der Waals surface area contributed by atoms with Gasteiger partial charge in [0.25, 0.3) is 5.22 Å². The van der Waals surface area contributed by atoms with Crippen molar-refractivity contribution in [1.29, 1.82) is 5.26 Å². The monoisotopic (exact) mass is 471 g/mol. The fourth-order valence-electron chi connectivity index (χ4n) is 3.99. The lowest BCUT2D eigenvalue weighted by Crippen LogP contribution is -2.27. The Morgan fingerprint density at radius 1 is 1.06 bits per heavy atom. The second-order valence-electron chi connectivity index (χ2n) is 7.65. The van der Waals surface area contributed by atoms with Crippen LogP contribution in [-0.2, 0) is 14.2 Å². The van der Waals surface area contributed by atoms with Crippen LogP contribution in [0.2, 0.25) is 0 Å². The van der Waals surface area contributed by atoms with Crippen LogP contribution >= 0.6 is 11.8 Å². The predicted octanol–water partition coefficient (Wildman–Crippen LogP) is 5.94. The Labute approximate surface area is 199 Å². The highest BCUT2D eigenvalue weighted by atomic mass is 32.2. The van der Waals surface area contributed by atoms with E-state index < -0.39 is 10.6 Å². The van der Waals surface area contributed by atoms with Crippen molar-refractivity contribution < 1.29 is 18.3 Å².